The maximum atomic E-state index is 12.1. The van der Waals surface area contributed by atoms with Gasteiger partial charge in [0.25, 0.3) is 0 Å². The second-order valence-corrected chi connectivity index (χ2v) is 10.2. The van der Waals surface area contributed by atoms with Gasteiger partial charge in [0.05, 0.1) is 17.5 Å². The summed E-state index contributed by atoms with van der Waals surface area (Å²) < 4.78 is 24.0. The summed E-state index contributed by atoms with van der Waals surface area (Å²) in [4.78, 5) is 18.4. The summed E-state index contributed by atoms with van der Waals surface area (Å²) >= 11 is 1.45. The molecule has 3 rings (SSSR count). The zero-order valence-corrected chi connectivity index (χ0v) is 16.3. The minimum atomic E-state index is -3.01. The lowest BCUT2D eigenvalue weighted by molar-refractivity contribution is -0.117. The molecule has 1 aromatic carbocycles. The first kappa shape index (κ1) is 18.5. The van der Waals surface area contributed by atoms with Gasteiger partial charge in [0.2, 0.25) is 5.91 Å². The van der Waals surface area contributed by atoms with Gasteiger partial charge in [0.15, 0.2) is 15.0 Å². The highest BCUT2D eigenvalue weighted by Gasteiger charge is 2.48. The highest BCUT2D eigenvalue weighted by Crippen LogP contribution is 2.39. The molecule has 5 nitrogen and oxygen atoms in total. The minimum Gasteiger partial charge on any atom is -0.342 e. The Hall–Kier alpha value is -1.34. The number of fused-ring (bicyclic) bond motifs is 1. The topological polar surface area (TPSA) is 66.8 Å². The lowest BCUT2D eigenvalue weighted by Gasteiger charge is -2.24. The van der Waals surface area contributed by atoms with E-state index in [2.05, 4.69) is 4.99 Å². The fourth-order valence-corrected chi connectivity index (χ4v) is 7.17. The van der Waals surface area contributed by atoms with Crippen molar-refractivity contribution in [2.75, 3.05) is 11.5 Å². The monoisotopic (exact) mass is 380 g/mol. The maximum absolute atomic E-state index is 12.1. The van der Waals surface area contributed by atoms with Gasteiger partial charge >= 0.3 is 0 Å². The van der Waals surface area contributed by atoms with Crippen molar-refractivity contribution < 1.29 is 13.2 Å². The molecule has 2 saturated heterocycles. The van der Waals surface area contributed by atoms with E-state index in [-0.39, 0.29) is 28.7 Å². The molecule has 2 fully saturated rings. The van der Waals surface area contributed by atoms with Crippen LogP contribution in [-0.4, -0.2) is 47.2 Å². The molecule has 2 atom stereocenters. The van der Waals surface area contributed by atoms with Crippen molar-refractivity contribution in [2.45, 2.75) is 50.9 Å². The van der Waals surface area contributed by atoms with E-state index in [1.165, 1.54) is 17.3 Å². The molecule has 0 spiro atoms. The van der Waals surface area contributed by atoms with Gasteiger partial charge in [-0.1, -0.05) is 54.9 Å². The van der Waals surface area contributed by atoms with Crippen LogP contribution in [0.5, 0.6) is 0 Å². The zero-order chi connectivity index (χ0) is 18.0. The number of carbonyl (C=O) groups excluding carboxylic acids is 1. The van der Waals surface area contributed by atoms with Crippen molar-refractivity contribution in [1.82, 2.24) is 4.90 Å². The number of rotatable bonds is 5. The number of carbonyl (C=O) groups is 1. The first-order valence-electron chi connectivity index (χ1n) is 8.69. The molecule has 0 aliphatic carbocycles. The molecule has 0 aromatic heterocycles. The van der Waals surface area contributed by atoms with Crippen LogP contribution in [0.4, 0.5) is 0 Å². The summed E-state index contributed by atoms with van der Waals surface area (Å²) in [6.45, 7) is 4.67. The van der Waals surface area contributed by atoms with Gasteiger partial charge in [-0.05, 0) is 18.9 Å². The van der Waals surface area contributed by atoms with E-state index in [0.717, 1.165) is 18.4 Å². The molecular formula is C18H24N2O3S2. The number of hydrogen-bond acceptors (Lipinski definition) is 4. The molecule has 0 radical (unpaired) electrons. The Morgan fingerprint density at radius 2 is 2.00 bits per heavy atom. The smallest absolute Gasteiger partial charge is 0.248 e. The number of hydrogen-bond donors (Lipinski definition) is 0. The van der Waals surface area contributed by atoms with E-state index in [9.17, 15) is 13.2 Å². The molecule has 0 bridgehead atoms. The Morgan fingerprint density at radius 3 is 2.68 bits per heavy atom. The van der Waals surface area contributed by atoms with E-state index in [4.69, 9.17) is 0 Å². The molecule has 25 heavy (non-hydrogen) atoms. The van der Waals surface area contributed by atoms with Crippen LogP contribution in [0, 0.1) is 6.92 Å². The second-order valence-electron chi connectivity index (χ2n) is 6.81. The quantitative estimate of drug-likeness (QED) is 0.786. The molecule has 7 heteroatoms. The molecule has 0 unspecified atom stereocenters. The largest absolute Gasteiger partial charge is 0.342 e. The number of benzene rings is 1. The molecule has 136 valence electrons. The summed E-state index contributed by atoms with van der Waals surface area (Å²) in [5, 5.41) is 0.666. The molecule has 0 saturated carbocycles. The number of sulfone groups is 1. The maximum Gasteiger partial charge on any atom is 0.248 e. The van der Waals surface area contributed by atoms with Gasteiger partial charge in [0, 0.05) is 18.2 Å². The Morgan fingerprint density at radius 1 is 1.28 bits per heavy atom. The predicted octanol–water partition coefficient (Wildman–Crippen LogP) is 2.78. The van der Waals surface area contributed by atoms with Gasteiger partial charge in [-0.15, -0.1) is 0 Å². The first-order valence-corrected chi connectivity index (χ1v) is 11.4. The summed E-state index contributed by atoms with van der Waals surface area (Å²) in [6, 6.07) is 8.10. The summed E-state index contributed by atoms with van der Waals surface area (Å²) in [5.74, 6) is 0.217. The lowest BCUT2D eigenvalue weighted by Crippen LogP contribution is -2.37. The molecule has 0 N–H and O–H groups in total. The number of aryl methyl sites for hydroxylation is 1. The third kappa shape index (κ3) is 4.44. The first-order chi connectivity index (χ1) is 11.9. The predicted molar refractivity (Wildman–Crippen MR) is 103 cm³/mol. The third-order valence-electron chi connectivity index (χ3n) is 4.61. The highest BCUT2D eigenvalue weighted by molar-refractivity contribution is 8.15. The van der Waals surface area contributed by atoms with E-state index in [0.29, 0.717) is 18.1 Å². The van der Waals surface area contributed by atoms with Crippen molar-refractivity contribution >= 4 is 32.7 Å². The molecule has 2 aliphatic heterocycles. The van der Waals surface area contributed by atoms with Crippen LogP contribution < -0.4 is 0 Å². The zero-order valence-electron chi connectivity index (χ0n) is 14.6. The Kier molecular flexibility index (Phi) is 5.53. The number of amides is 1. The number of aliphatic imine (C=N–C) groups is 1. The Bertz CT molecular complexity index is 772. The summed E-state index contributed by atoms with van der Waals surface area (Å²) in [7, 11) is -3.01. The minimum absolute atomic E-state index is 0.0202. The van der Waals surface area contributed by atoms with Gasteiger partial charge < -0.3 is 4.90 Å². The van der Waals surface area contributed by atoms with Crippen molar-refractivity contribution in [3.8, 4) is 0 Å². The third-order valence-corrected chi connectivity index (χ3v) is 7.86. The summed E-state index contributed by atoms with van der Waals surface area (Å²) in [6.07, 6.45) is 2.24. The normalized spacial score (nSPS) is 26.2. The number of thioether (sulfide) groups is 1. The molecular weight excluding hydrogens is 356 g/mol. The standard InChI is InChI=1S/C18H24N2O3S2/c1-3-4-5-17(21)19-18-20(10-14-8-6-13(2)7-9-14)15-11-25(22,23)12-16(15)24-18/h6-9,15-16H,3-5,10-12H2,1-2H3/t15-,16+/m0/s1. The van der Waals surface area contributed by atoms with Crippen molar-refractivity contribution in [3.63, 3.8) is 0 Å². The van der Waals surface area contributed by atoms with Crippen LogP contribution in [0.15, 0.2) is 29.3 Å². The lowest BCUT2D eigenvalue weighted by atomic mass is 10.1. The highest BCUT2D eigenvalue weighted by atomic mass is 32.2. The molecule has 2 aliphatic rings. The van der Waals surface area contributed by atoms with Crippen LogP contribution >= 0.6 is 11.8 Å². The van der Waals surface area contributed by atoms with Crippen molar-refractivity contribution in [1.29, 1.82) is 0 Å². The number of unbranched alkanes of at least 4 members (excludes halogenated alkanes) is 1. The van der Waals surface area contributed by atoms with Crippen LogP contribution in [0.2, 0.25) is 0 Å². The van der Waals surface area contributed by atoms with Crippen LogP contribution in [0.3, 0.4) is 0 Å². The van der Waals surface area contributed by atoms with E-state index < -0.39 is 9.84 Å². The van der Waals surface area contributed by atoms with E-state index >= 15 is 0 Å². The second kappa shape index (κ2) is 7.50. The van der Waals surface area contributed by atoms with E-state index in [1.54, 1.807) is 0 Å². The average Bonchev–Trinajstić information content (AvgIpc) is 3.00. The summed E-state index contributed by atoms with van der Waals surface area (Å²) in [5.41, 5.74) is 2.29. The van der Waals surface area contributed by atoms with E-state index in [1.807, 2.05) is 43.0 Å². The van der Waals surface area contributed by atoms with Crippen LogP contribution in [-0.2, 0) is 21.2 Å². The Balaban J connectivity index is 1.83. The molecule has 1 amide bonds. The number of amidine groups is 1. The molecule has 1 aromatic rings. The van der Waals surface area contributed by atoms with Gasteiger partial charge in [0.1, 0.15) is 0 Å². The van der Waals surface area contributed by atoms with Crippen molar-refractivity contribution in [2.24, 2.45) is 4.99 Å². The van der Waals surface area contributed by atoms with Crippen molar-refractivity contribution in [3.05, 3.63) is 35.4 Å². The SMILES string of the molecule is CCCCC(=O)N=C1S[C@@H]2CS(=O)(=O)C[C@@H]2N1Cc1ccc(C)cc1. The van der Waals surface area contributed by atoms with Crippen LogP contribution in [0.25, 0.3) is 0 Å². The average molecular weight is 381 g/mol. The van der Waals surface area contributed by atoms with Gasteiger partial charge in [-0.2, -0.15) is 4.99 Å². The van der Waals surface area contributed by atoms with Crippen LogP contribution in [0.1, 0.15) is 37.3 Å². The molecule has 2 heterocycles. The fourth-order valence-electron chi connectivity index (χ4n) is 3.20. The number of nitrogens with zero attached hydrogens (tertiary/aromatic N) is 2. The van der Waals surface area contributed by atoms with Gasteiger partial charge in [-0.25, -0.2) is 8.42 Å². The van der Waals surface area contributed by atoms with Gasteiger partial charge in [-0.3, -0.25) is 4.79 Å². The Labute approximate surface area is 153 Å². The fraction of sp³-hybridized carbons (Fsp3) is 0.556.